The van der Waals surface area contributed by atoms with Crippen molar-refractivity contribution in [3.05, 3.63) is 72.0 Å². The van der Waals surface area contributed by atoms with Crippen LogP contribution in [0.25, 0.3) is 11.5 Å². The Bertz CT molecular complexity index is 1560. The maximum absolute atomic E-state index is 13.2. The average Bonchev–Trinajstić information content (AvgIpc) is 3.39. The summed E-state index contributed by atoms with van der Waals surface area (Å²) in [4.78, 5) is 12.7. The Balaban J connectivity index is 1.52. The predicted molar refractivity (Wildman–Crippen MR) is 145 cm³/mol. The second-order valence-corrected chi connectivity index (χ2v) is 9.79. The first kappa shape index (κ1) is 28.4. The van der Waals surface area contributed by atoms with Crippen molar-refractivity contribution in [1.82, 2.24) is 10.2 Å². The summed E-state index contributed by atoms with van der Waals surface area (Å²) in [6.45, 7) is 6.71. The molecule has 3 aromatic carbocycles. The van der Waals surface area contributed by atoms with Crippen LogP contribution in [0.2, 0.25) is 0 Å². The fourth-order valence-corrected chi connectivity index (χ4v) is 4.67. The van der Waals surface area contributed by atoms with E-state index in [4.69, 9.17) is 18.6 Å². The standard InChI is InChI=1S/C27H27FN4O7S/c1-4-36-22-15-18(16-23(37-5-2)24(22)38-6-3)26-30-31-27(39-26)29-25(33)17-8-7-9-20(14-17)32-40(34,35)21-12-10-19(28)11-13-21/h7-16,32H,4-6H2,1-3H3,(H,29,31,33). The number of anilines is 2. The minimum absolute atomic E-state index is 0.0982. The van der Waals surface area contributed by atoms with E-state index in [0.29, 0.717) is 42.6 Å². The van der Waals surface area contributed by atoms with Gasteiger partial charge in [-0.1, -0.05) is 11.2 Å². The molecule has 2 N–H and O–H groups in total. The molecule has 0 aliphatic heterocycles. The Labute approximate surface area is 230 Å². The van der Waals surface area contributed by atoms with Crippen LogP contribution in [0.3, 0.4) is 0 Å². The molecule has 1 heterocycles. The summed E-state index contributed by atoms with van der Waals surface area (Å²) in [5.74, 6) is 0.255. The molecule has 0 bridgehead atoms. The molecule has 0 unspecified atom stereocenters. The van der Waals surface area contributed by atoms with Crippen LogP contribution in [-0.4, -0.2) is 44.3 Å². The zero-order valence-electron chi connectivity index (χ0n) is 21.9. The highest BCUT2D eigenvalue weighted by Gasteiger charge is 2.20. The molecule has 0 radical (unpaired) electrons. The second-order valence-electron chi connectivity index (χ2n) is 8.11. The lowest BCUT2D eigenvalue weighted by molar-refractivity contribution is 0.102. The molecular formula is C27H27FN4O7S. The average molecular weight is 571 g/mol. The number of carbonyl (C=O) groups is 1. The third-order valence-corrected chi connectivity index (χ3v) is 6.70. The van der Waals surface area contributed by atoms with Gasteiger partial charge in [-0.3, -0.25) is 14.8 Å². The highest BCUT2D eigenvalue weighted by Crippen LogP contribution is 2.42. The van der Waals surface area contributed by atoms with E-state index in [-0.39, 0.29) is 28.1 Å². The summed E-state index contributed by atoms with van der Waals surface area (Å²) in [5, 5.41) is 10.4. The number of halogens is 1. The van der Waals surface area contributed by atoms with Crippen LogP contribution >= 0.6 is 0 Å². The van der Waals surface area contributed by atoms with Gasteiger partial charge in [-0.2, -0.15) is 0 Å². The quantitative estimate of drug-likeness (QED) is 0.237. The number of carbonyl (C=O) groups excluding carboxylic acids is 1. The van der Waals surface area contributed by atoms with E-state index in [0.717, 1.165) is 24.3 Å². The van der Waals surface area contributed by atoms with E-state index in [1.54, 1.807) is 12.1 Å². The first-order valence-electron chi connectivity index (χ1n) is 12.3. The smallest absolute Gasteiger partial charge is 0.322 e. The van der Waals surface area contributed by atoms with Crippen LogP contribution in [0.1, 0.15) is 31.1 Å². The lowest BCUT2D eigenvalue weighted by Gasteiger charge is -2.16. The van der Waals surface area contributed by atoms with Gasteiger partial charge in [0.1, 0.15) is 5.82 Å². The van der Waals surface area contributed by atoms with Gasteiger partial charge in [-0.05, 0) is 75.4 Å². The SMILES string of the molecule is CCOc1cc(-c2nnc(NC(=O)c3cccc(NS(=O)(=O)c4ccc(F)cc4)c3)o2)cc(OCC)c1OCC. The molecule has 4 rings (SSSR count). The van der Waals surface area contributed by atoms with Crippen LogP contribution in [-0.2, 0) is 10.0 Å². The Morgan fingerprint density at radius 3 is 2.17 bits per heavy atom. The van der Waals surface area contributed by atoms with E-state index >= 15 is 0 Å². The van der Waals surface area contributed by atoms with Crippen LogP contribution < -0.4 is 24.2 Å². The van der Waals surface area contributed by atoms with E-state index in [2.05, 4.69) is 20.2 Å². The van der Waals surface area contributed by atoms with Crippen molar-refractivity contribution in [2.24, 2.45) is 0 Å². The van der Waals surface area contributed by atoms with Gasteiger partial charge in [0, 0.05) is 16.8 Å². The number of aromatic nitrogens is 2. The number of sulfonamides is 1. The minimum Gasteiger partial charge on any atom is -0.490 e. The minimum atomic E-state index is -4.00. The molecule has 40 heavy (non-hydrogen) atoms. The third-order valence-electron chi connectivity index (χ3n) is 5.30. The van der Waals surface area contributed by atoms with Crippen LogP contribution in [0, 0.1) is 5.82 Å². The van der Waals surface area contributed by atoms with Crippen LogP contribution in [0.15, 0.2) is 70.0 Å². The molecular weight excluding hydrogens is 543 g/mol. The first-order valence-corrected chi connectivity index (χ1v) is 13.8. The maximum Gasteiger partial charge on any atom is 0.322 e. The number of rotatable bonds is 12. The molecule has 11 nitrogen and oxygen atoms in total. The van der Waals surface area contributed by atoms with E-state index in [9.17, 15) is 17.6 Å². The van der Waals surface area contributed by atoms with E-state index in [1.165, 1.54) is 24.3 Å². The van der Waals surface area contributed by atoms with Crippen molar-refractivity contribution >= 4 is 27.6 Å². The number of nitrogens with one attached hydrogen (secondary N) is 2. The van der Waals surface area contributed by atoms with Crippen molar-refractivity contribution in [1.29, 1.82) is 0 Å². The number of hydrogen-bond donors (Lipinski definition) is 2. The molecule has 0 atom stereocenters. The van der Waals surface area contributed by atoms with Gasteiger partial charge in [0.25, 0.3) is 15.9 Å². The summed E-state index contributed by atoms with van der Waals surface area (Å²) in [6.07, 6.45) is 0. The second kappa shape index (κ2) is 12.5. The van der Waals surface area contributed by atoms with Gasteiger partial charge < -0.3 is 18.6 Å². The number of benzene rings is 3. The fourth-order valence-electron chi connectivity index (χ4n) is 3.62. The van der Waals surface area contributed by atoms with Crippen molar-refractivity contribution in [2.75, 3.05) is 29.9 Å². The van der Waals surface area contributed by atoms with Gasteiger partial charge in [-0.25, -0.2) is 12.8 Å². The van der Waals surface area contributed by atoms with Gasteiger partial charge in [0.15, 0.2) is 11.5 Å². The summed E-state index contributed by atoms with van der Waals surface area (Å²) < 4.78 is 63.6. The molecule has 0 saturated heterocycles. The van der Waals surface area contributed by atoms with Gasteiger partial charge in [0.2, 0.25) is 11.6 Å². The van der Waals surface area contributed by atoms with Crippen LogP contribution in [0.4, 0.5) is 16.1 Å². The Hall–Kier alpha value is -4.65. The van der Waals surface area contributed by atoms with Gasteiger partial charge in [0.05, 0.1) is 24.7 Å². The zero-order valence-corrected chi connectivity index (χ0v) is 22.7. The predicted octanol–water partition coefficient (Wildman–Crippen LogP) is 5.12. The van der Waals surface area contributed by atoms with Crippen molar-refractivity contribution < 1.29 is 36.2 Å². The van der Waals surface area contributed by atoms with Crippen LogP contribution in [0.5, 0.6) is 17.2 Å². The Kier molecular flexibility index (Phi) is 8.84. The fraction of sp³-hybridized carbons (Fsp3) is 0.222. The molecule has 0 spiro atoms. The van der Waals surface area contributed by atoms with Gasteiger partial charge >= 0.3 is 6.01 Å². The molecule has 1 aromatic heterocycles. The third kappa shape index (κ3) is 6.67. The largest absolute Gasteiger partial charge is 0.490 e. The number of ether oxygens (including phenoxy) is 3. The molecule has 210 valence electrons. The topological polar surface area (TPSA) is 142 Å². The Morgan fingerprint density at radius 2 is 1.55 bits per heavy atom. The number of hydrogen-bond acceptors (Lipinski definition) is 9. The van der Waals surface area contributed by atoms with E-state index in [1.807, 2.05) is 20.8 Å². The lowest BCUT2D eigenvalue weighted by Crippen LogP contribution is -2.15. The number of nitrogens with zero attached hydrogens (tertiary/aromatic N) is 2. The molecule has 13 heteroatoms. The highest BCUT2D eigenvalue weighted by atomic mass is 32.2. The maximum atomic E-state index is 13.2. The van der Waals surface area contributed by atoms with Gasteiger partial charge in [-0.15, -0.1) is 5.10 Å². The molecule has 0 aliphatic rings. The summed E-state index contributed by atoms with van der Waals surface area (Å²) >= 11 is 0. The summed E-state index contributed by atoms with van der Waals surface area (Å²) in [7, 11) is -4.00. The molecule has 0 fully saturated rings. The molecule has 0 aliphatic carbocycles. The number of amides is 1. The summed E-state index contributed by atoms with van der Waals surface area (Å²) in [6, 6.07) is 13.3. The summed E-state index contributed by atoms with van der Waals surface area (Å²) in [5.41, 5.74) is 0.738. The van der Waals surface area contributed by atoms with Crippen molar-refractivity contribution in [2.45, 2.75) is 25.7 Å². The van der Waals surface area contributed by atoms with Crippen molar-refractivity contribution in [3.8, 4) is 28.7 Å². The molecule has 0 saturated carbocycles. The molecule has 4 aromatic rings. The molecule has 1 amide bonds. The monoisotopic (exact) mass is 570 g/mol. The lowest BCUT2D eigenvalue weighted by atomic mass is 10.2. The van der Waals surface area contributed by atoms with Crippen molar-refractivity contribution in [3.63, 3.8) is 0 Å². The first-order chi connectivity index (χ1) is 19.2. The normalized spacial score (nSPS) is 11.1. The Morgan fingerprint density at radius 1 is 0.900 bits per heavy atom. The highest BCUT2D eigenvalue weighted by molar-refractivity contribution is 7.92. The zero-order chi connectivity index (χ0) is 28.7. The van der Waals surface area contributed by atoms with E-state index < -0.39 is 21.7 Å².